The molecule has 0 saturated heterocycles. The van der Waals surface area contributed by atoms with Crippen LogP contribution >= 0.6 is 0 Å². The van der Waals surface area contributed by atoms with Crippen LogP contribution in [0.5, 0.6) is 0 Å². The number of nitrogens with zero attached hydrogens (tertiary/aromatic N) is 3. The minimum atomic E-state index is 0.551. The van der Waals surface area contributed by atoms with Crippen LogP contribution in [0.3, 0.4) is 0 Å². The van der Waals surface area contributed by atoms with E-state index in [2.05, 4.69) is 53.2 Å². The average Bonchev–Trinajstić information content (AvgIpc) is 2.46. The predicted octanol–water partition coefficient (Wildman–Crippen LogP) is 1.87. The van der Waals surface area contributed by atoms with Gasteiger partial charge in [-0.3, -0.25) is 14.9 Å². The maximum Gasteiger partial charge on any atom is 0.191 e. The van der Waals surface area contributed by atoms with Gasteiger partial charge in [-0.05, 0) is 39.8 Å². The van der Waals surface area contributed by atoms with Gasteiger partial charge >= 0.3 is 0 Å². The topological polar surface area (TPSA) is 52.6 Å². The lowest BCUT2D eigenvalue weighted by Crippen LogP contribution is -2.45. The van der Waals surface area contributed by atoms with Crippen molar-refractivity contribution in [2.24, 2.45) is 4.99 Å². The lowest BCUT2D eigenvalue weighted by molar-refractivity contribution is 0.178. The average molecular weight is 291 g/mol. The Labute approximate surface area is 128 Å². The lowest BCUT2D eigenvalue weighted by atomic mass is 10.2. The van der Waals surface area contributed by atoms with Crippen molar-refractivity contribution in [2.45, 2.75) is 46.3 Å². The highest BCUT2D eigenvalue weighted by Gasteiger charge is 2.12. The molecule has 0 amide bonds. The third-order valence-corrected chi connectivity index (χ3v) is 3.38. The van der Waals surface area contributed by atoms with Crippen LogP contribution < -0.4 is 10.6 Å². The highest BCUT2D eigenvalue weighted by molar-refractivity contribution is 5.79. The summed E-state index contributed by atoms with van der Waals surface area (Å²) in [6, 6.07) is 7.01. The van der Waals surface area contributed by atoms with Crippen LogP contribution in [0.15, 0.2) is 29.4 Å². The molecule has 0 aromatic carbocycles. The molecule has 1 heterocycles. The zero-order valence-electron chi connectivity index (χ0n) is 13.9. The van der Waals surface area contributed by atoms with Crippen molar-refractivity contribution in [2.75, 3.05) is 20.1 Å². The van der Waals surface area contributed by atoms with Gasteiger partial charge in [-0.15, -0.1) is 0 Å². The van der Waals surface area contributed by atoms with Crippen LogP contribution in [-0.2, 0) is 6.54 Å². The smallest absolute Gasteiger partial charge is 0.191 e. The number of rotatable bonds is 7. The Bertz CT molecular complexity index is 406. The molecule has 118 valence electrons. The van der Waals surface area contributed by atoms with Crippen molar-refractivity contribution in [3.63, 3.8) is 0 Å². The second-order valence-corrected chi connectivity index (χ2v) is 5.60. The predicted molar refractivity (Wildman–Crippen MR) is 89.4 cm³/mol. The molecule has 5 heteroatoms. The molecule has 21 heavy (non-hydrogen) atoms. The van der Waals surface area contributed by atoms with Crippen molar-refractivity contribution in [3.8, 4) is 0 Å². The highest BCUT2D eigenvalue weighted by atomic mass is 15.2. The summed E-state index contributed by atoms with van der Waals surface area (Å²) in [5.41, 5.74) is 1.01. The van der Waals surface area contributed by atoms with E-state index in [1.807, 2.05) is 18.2 Å². The van der Waals surface area contributed by atoms with Crippen molar-refractivity contribution in [1.82, 2.24) is 20.5 Å². The number of hydrogen-bond acceptors (Lipinski definition) is 3. The summed E-state index contributed by atoms with van der Waals surface area (Å²) in [6.45, 7) is 11.5. The normalized spacial score (nSPS) is 12.3. The Hall–Kier alpha value is -1.62. The van der Waals surface area contributed by atoms with Gasteiger partial charge in [-0.25, -0.2) is 0 Å². The molecular weight excluding hydrogens is 262 g/mol. The van der Waals surface area contributed by atoms with E-state index in [9.17, 15) is 0 Å². The molecule has 1 aromatic heterocycles. The van der Waals surface area contributed by atoms with Crippen molar-refractivity contribution in [3.05, 3.63) is 30.1 Å². The van der Waals surface area contributed by atoms with Crippen LogP contribution in [0.1, 0.15) is 33.4 Å². The summed E-state index contributed by atoms with van der Waals surface area (Å²) in [6.07, 6.45) is 1.80. The van der Waals surface area contributed by atoms with Crippen molar-refractivity contribution >= 4 is 5.96 Å². The first-order chi connectivity index (χ1) is 10.0. The molecule has 0 fully saturated rings. The third-order valence-electron chi connectivity index (χ3n) is 3.38. The number of hydrogen-bond donors (Lipinski definition) is 2. The highest BCUT2D eigenvalue weighted by Crippen LogP contribution is 2.03. The van der Waals surface area contributed by atoms with Crippen LogP contribution in [0.2, 0.25) is 0 Å². The largest absolute Gasteiger partial charge is 0.355 e. The van der Waals surface area contributed by atoms with Gasteiger partial charge in [0.05, 0.1) is 12.2 Å². The van der Waals surface area contributed by atoms with Crippen LogP contribution in [0.4, 0.5) is 0 Å². The summed E-state index contributed by atoms with van der Waals surface area (Å²) in [7, 11) is 1.79. The minimum absolute atomic E-state index is 0.551. The Morgan fingerprint density at radius 3 is 2.43 bits per heavy atom. The van der Waals surface area contributed by atoms with Gasteiger partial charge in [-0.2, -0.15) is 0 Å². The van der Waals surface area contributed by atoms with E-state index in [1.165, 1.54) is 0 Å². The number of pyridine rings is 1. The first kappa shape index (κ1) is 17.4. The van der Waals surface area contributed by atoms with Gasteiger partial charge < -0.3 is 10.6 Å². The maximum atomic E-state index is 4.29. The molecule has 0 aliphatic heterocycles. The minimum Gasteiger partial charge on any atom is -0.355 e. The first-order valence-electron chi connectivity index (χ1n) is 7.64. The monoisotopic (exact) mass is 291 g/mol. The van der Waals surface area contributed by atoms with E-state index in [-0.39, 0.29) is 0 Å². The second-order valence-electron chi connectivity index (χ2n) is 5.60. The quantitative estimate of drug-likeness (QED) is 0.595. The van der Waals surface area contributed by atoms with Crippen LogP contribution in [-0.4, -0.2) is 48.1 Å². The third kappa shape index (κ3) is 6.58. The Morgan fingerprint density at radius 2 is 1.90 bits per heavy atom. The standard InChI is InChI=1S/C16H29N5/c1-13(2)21(14(3)4)11-10-19-16(17-5)20-12-15-8-6-7-9-18-15/h6-9,13-14H,10-12H2,1-5H3,(H2,17,19,20). The van der Waals surface area contributed by atoms with Crippen LogP contribution in [0.25, 0.3) is 0 Å². The molecule has 0 unspecified atom stereocenters. The zero-order valence-corrected chi connectivity index (χ0v) is 13.9. The molecule has 0 spiro atoms. The maximum absolute atomic E-state index is 4.29. The van der Waals surface area contributed by atoms with Gasteiger partial charge in [0.2, 0.25) is 0 Å². The number of guanidine groups is 1. The van der Waals surface area contributed by atoms with E-state index in [4.69, 9.17) is 0 Å². The van der Waals surface area contributed by atoms with Gasteiger partial charge in [-0.1, -0.05) is 6.07 Å². The zero-order chi connectivity index (χ0) is 15.7. The molecule has 1 rings (SSSR count). The fourth-order valence-electron chi connectivity index (χ4n) is 2.31. The van der Waals surface area contributed by atoms with Crippen LogP contribution in [0, 0.1) is 0 Å². The van der Waals surface area contributed by atoms with Gasteiger partial charge in [0.15, 0.2) is 5.96 Å². The molecule has 0 atom stereocenters. The van der Waals surface area contributed by atoms with E-state index >= 15 is 0 Å². The van der Waals surface area contributed by atoms with Gasteiger partial charge in [0.25, 0.3) is 0 Å². The second kappa shape index (κ2) is 9.34. The van der Waals surface area contributed by atoms with E-state index < -0.39 is 0 Å². The van der Waals surface area contributed by atoms with E-state index in [0.717, 1.165) is 24.7 Å². The number of nitrogens with one attached hydrogen (secondary N) is 2. The van der Waals surface area contributed by atoms with Crippen molar-refractivity contribution < 1.29 is 0 Å². The first-order valence-corrected chi connectivity index (χ1v) is 7.64. The molecule has 0 aliphatic carbocycles. The summed E-state index contributed by atoms with van der Waals surface area (Å²) >= 11 is 0. The Kier molecular flexibility index (Phi) is 7.75. The molecule has 5 nitrogen and oxygen atoms in total. The fraction of sp³-hybridized carbons (Fsp3) is 0.625. The fourth-order valence-corrected chi connectivity index (χ4v) is 2.31. The lowest BCUT2D eigenvalue weighted by Gasteiger charge is -2.30. The number of aromatic nitrogens is 1. The molecule has 1 aromatic rings. The molecule has 0 radical (unpaired) electrons. The van der Waals surface area contributed by atoms with E-state index in [1.54, 1.807) is 13.2 Å². The molecule has 0 saturated carbocycles. The molecule has 0 aliphatic rings. The molecule has 0 bridgehead atoms. The Morgan fingerprint density at radius 1 is 1.19 bits per heavy atom. The summed E-state index contributed by atoms with van der Waals surface area (Å²) in [5, 5.41) is 6.63. The molecular formula is C16H29N5. The van der Waals surface area contributed by atoms with Gasteiger partial charge in [0.1, 0.15) is 0 Å². The van der Waals surface area contributed by atoms with Gasteiger partial charge in [0, 0.05) is 38.4 Å². The summed E-state index contributed by atoms with van der Waals surface area (Å²) in [4.78, 5) is 11.0. The number of aliphatic imine (C=N–C) groups is 1. The summed E-state index contributed by atoms with van der Waals surface area (Å²) < 4.78 is 0. The molecule has 2 N–H and O–H groups in total. The SMILES string of the molecule is CN=C(NCCN(C(C)C)C(C)C)NCc1ccccn1. The van der Waals surface area contributed by atoms with E-state index in [0.29, 0.717) is 18.6 Å². The Balaban J connectivity index is 2.35. The van der Waals surface area contributed by atoms with Crippen molar-refractivity contribution in [1.29, 1.82) is 0 Å². The summed E-state index contributed by atoms with van der Waals surface area (Å²) in [5.74, 6) is 0.813.